The van der Waals surface area contributed by atoms with E-state index in [1.165, 1.54) is 144 Å². The smallest absolute Gasteiger partial charge is 0.159 e. The molecule has 0 bridgehead atoms. The number of hydrogen-bond acceptors (Lipinski definition) is 6. The van der Waals surface area contributed by atoms with Crippen LogP contribution in [0.25, 0.3) is 132 Å². The van der Waals surface area contributed by atoms with E-state index in [0.29, 0.717) is 12.1 Å². The number of fused-ring (bicyclic) bond motifs is 25. The van der Waals surface area contributed by atoms with E-state index in [1.807, 2.05) is 0 Å². The summed E-state index contributed by atoms with van der Waals surface area (Å²) in [7, 11) is 0. The lowest BCUT2D eigenvalue weighted by Gasteiger charge is -2.21. The Morgan fingerprint density at radius 3 is 1.20 bits per heavy atom. The van der Waals surface area contributed by atoms with Crippen LogP contribution in [0.3, 0.4) is 0 Å². The molecule has 0 N–H and O–H groups in total. The third kappa shape index (κ3) is 6.78. The third-order valence-corrected chi connectivity index (χ3v) is 19.4. The summed E-state index contributed by atoms with van der Waals surface area (Å²) in [5, 5.41) is 9.68. The van der Waals surface area contributed by atoms with Crippen LogP contribution in [0.5, 0.6) is 0 Å². The molecule has 0 aliphatic carbocycles. The Morgan fingerprint density at radius 2 is 0.698 bits per heavy atom. The number of hydrogen-bond donors (Lipinski definition) is 0. The molecule has 4 aliphatic heterocycles. The van der Waals surface area contributed by atoms with E-state index < -0.39 is 0 Å². The normalized spacial score (nSPS) is 15.6. The lowest BCUT2D eigenvalue weighted by atomic mass is 9.94. The Hall–Kier alpha value is -10.6. The van der Waals surface area contributed by atoms with Crippen LogP contribution >= 0.6 is 0 Å². The van der Waals surface area contributed by atoms with Crippen molar-refractivity contribution >= 4 is 111 Å². The minimum absolute atomic E-state index is 0.358. The zero-order valence-corrected chi connectivity index (χ0v) is 47.4. The standard InChI is InChI=1S/2C40H27NO2/c1-23-20-26-21-27-22-30-31(18-19-34-38(30)37-29(15-8-16-32(37)42-34)25-12-6-3-7-13-25)41(27)39(26)40-35(23)36-28(14-9-17-33(36)43-40)24-10-4-2-5-11-24;1-23-18-27-20-28-19-26-21-35-31(37-29(14-8-16-33(37)42-35)24-10-4-2-5-11-24)22-32(26)41(28)39(27)40-36(23)38-30(15-9-17-34(38)43-40)25-12-6-3-7-13-25/h2-20,27H,21-22H2,1H3;2-18,21-22,28H,19-20H2,1H3. The van der Waals surface area contributed by atoms with Gasteiger partial charge in [0.05, 0.1) is 11.4 Å². The first-order valence-corrected chi connectivity index (χ1v) is 30.2. The summed E-state index contributed by atoms with van der Waals surface area (Å²) < 4.78 is 26.6. The van der Waals surface area contributed by atoms with Crippen LogP contribution in [0.1, 0.15) is 33.4 Å². The molecule has 6 nitrogen and oxygen atoms in total. The number of furan rings is 4. The Kier molecular flexibility index (Phi) is 10.0. The van der Waals surface area contributed by atoms with Crippen molar-refractivity contribution in [3.8, 4) is 44.5 Å². The lowest BCUT2D eigenvalue weighted by Crippen LogP contribution is -2.22. The van der Waals surface area contributed by atoms with Crippen molar-refractivity contribution < 1.29 is 17.7 Å². The van der Waals surface area contributed by atoms with Crippen molar-refractivity contribution in [2.75, 3.05) is 9.80 Å². The molecule has 0 saturated carbocycles. The Morgan fingerprint density at radius 1 is 0.302 bits per heavy atom. The molecule has 0 radical (unpaired) electrons. The molecule has 408 valence electrons. The van der Waals surface area contributed by atoms with Crippen molar-refractivity contribution in [2.24, 2.45) is 0 Å². The molecule has 0 spiro atoms. The summed E-state index contributed by atoms with van der Waals surface area (Å²) in [5.74, 6) is 0. The lowest BCUT2D eigenvalue weighted by molar-refractivity contribution is 0.665. The number of aryl methyl sites for hydroxylation is 2. The molecule has 2 unspecified atom stereocenters. The van der Waals surface area contributed by atoms with Crippen molar-refractivity contribution in [3.05, 3.63) is 264 Å². The van der Waals surface area contributed by atoms with Crippen LogP contribution in [-0.2, 0) is 25.7 Å². The molecule has 4 aliphatic rings. The van der Waals surface area contributed by atoms with E-state index in [9.17, 15) is 0 Å². The van der Waals surface area contributed by atoms with Crippen molar-refractivity contribution in [1.29, 1.82) is 0 Å². The molecule has 8 heterocycles. The van der Waals surface area contributed by atoms with Gasteiger partial charge in [-0.3, -0.25) is 0 Å². The van der Waals surface area contributed by atoms with Gasteiger partial charge in [0.25, 0.3) is 0 Å². The van der Waals surface area contributed by atoms with E-state index in [1.54, 1.807) is 0 Å². The summed E-state index contributed by atoms with van der Waals surface area (Å²) in [4.78, 5) is 5.14. The molecule has 12 aromatic carbocycles. The Bertz CT molecular complexity index is 5350. The highest BCUT2D eigenvalue weighted by atomic mass is 16.3. The summed E-state index contributed by atoms with van der Waals surface area (Å²) >= 11 is 0. The van der Waals surface area contributed by atoms with Crippen molar-refractivity contribution in [3.63, 3.8) is 0 Å². The van der Waals surface area contributed by atoms with Gasteiger partial charge in [0.1, 0.15) is 33.5 Å². The van der Waals surface area contributed by atoms with E-state index in [4.69, 9.17) is 17.7 Å². The van der Waals surface area contributed by atoms with Gasteiger partial charge in [0.2, 0.25) is 0 Å². The first kappa shape index (κ1) is 47.9. The highest BCUT2D eigenvalue weighted by Crippen LogP contribution is 2.57. The second kappa shape index (κ2) is 18.0. The molecule has 20 rings (SSSR count). The zero-order chi connectivity index (χ0) is 56.5. The maximum absolute atomic E-state index is 6.82. The average molecular weight is 1110 g/mol. The van der Waals surface area contributed by atoms with E-state index in [0.717, 1.165) is 70.3 Å². The molecular weight excluding hydrogens is 1050 g/mol. The fraction of sp³-hybridized carbons (Fsp3) is 0.100. The van der Waals surface area contributed by atoms with Crippen molar-refractivity contribution in [1.82, 2.24) is 0 Å². The summed E-state index contributed by atoms with van der Waals surface area (Å²) in [6.45, 7) is 4.48. The van der Waals surface area contributed by atoms with Crippen LogP contribution in [0.2, 0.25) is 0 Å². The predicted octanol–water partition coefficient (Wildman–Crippen LogP) is 21.5. The minimum atomic E-state index is 0.358. The monoisotopic (exact) mass is 1110 g/mol. The molecule has 6 heteroatoms. The Labute approximate surface area is 495 Å². The first-order valence-electron chi connectivity index (χ1n) is 30.2. The zero-order valence-electron chi connectivity index (χ0n) is 47.4. The minimum Gasteiger partial charge on any atom is -0.456 e. The van der Waals surface area contributed by atoms with E-state index in [-0.39, 0.29) is 0 Å². The van der Waals surface area contributed by atoms with Crippen LogP contribution in [0.15, 0.2) is 248 Å². The van der Waals surface area contributed by atoms with E-state index >= 15 is 0 Å². The molecule has 2 atom stereocenters. The van der Waals surface area contributed by atoms with Gasteiger partial charge in [-0.2, -0.15) is 0 Å². The number of nitrogens with zero attached hydrogens (tertiary/aromatic N) is 2. The molecule has 0 saturated heterocycles. The summed E-state index contributed by atoms with van der Waals surface area (Å²) in [6, 6.07) is 83.0. The highest BCUT2D eigenvalue weighted by molar-refractivity contribution is 6.21. The fourth-order valence-electron chi connectivity index (χ4n) is 15.9. The molecular formula is C80H54N2O4. The van der Waals surface area contributed by atoms with Crippen LogP contribution in [0, 0.1) is 13.8 Å². The summed E-state index contributed by atoms with van der Waals surface area (Å²) in [5.41, 5.74) is 30.5. The van der Waals surface area contributed by atoms with Gasteiger partial charge in [-0.15, -0.1) is 0 Å². The number of benzene rings is 12. The van der Waals surface area contributed by atoms with Gasteiger partial charge in [-0.1, -0.05) is 182 Å². The van der Waals surface area contributed by atoms with Gasteiger partial charge in [-0.25, -0.2) is 0 Å². The topological polar surface area (TPSA) is 59.0 Å². The quantitative estimate of drug-likeness (QED) is 0.175. The molecule has 0 amide bonds. The maximum atomic E-state index is 6.82. The SMILES string of the molecule is Cc1cc2c(c3oc4cccc(-c5ccccc5)c4c13)N1c3cc4c(cc3CC1C2)oc1cccc(-c2ccccc2)c14.Cc1cc2c(c3oc4cccc(-c5ccccc5)c4c13)N1c3ccc4oc5cccc(-c6ccccc6)c5c4c3CC1C2. The molecule has 0 fully saturated rings. The Balaban J connectivity index is 0.000000126. The van der Waals surface area contributed by atoms with Gasteiger partial charge < -0.3 is 27.5 Å². The van der Waals surface area contributed by atoms with Crippen molar-refractivity contribution in [2.45, 2.75) is 51.6 Å². The largest absolute Gasteiger partial charge is 0.456 e. The van der Waals surface area contributed by atoms with Gasteiger partial charge in [0.15, 0.2) is 11.2 Å². The number of anilines is 4. The van der Waals surface area contributed by atoms with Crippen LogP contribution in [-0.4, -0.2) is 12.1 Å². The van der Waals surface area contributed by atoms with Crippen LogP contribution < -0.4 is 9.80 Å². The predicted molar refractivity (Wildman–Crippen MR) is 353 cm³/mol. The van der Waals surface area contributed by atoms with E-state index in [2.05, 4.69) is 254 Å². The van der Waals surface area contributed by atoms with Gasteiger partial charge in [0, 0.05) is 66.5 Å². The maximum Gasteiger partial charge on any atom is 0.159 e. The second-order valence-electron chi connectivity index (χ2n) is 24.2. The van der Waals surface area contributed by atoms with Gasteiger partial charge in [-0.05, 0) is 166 Å². The van der Waals surface area contributed by atoms with Gasteiger partial charge >= 0.3 is 0 Å². The first-order chi connectivity index (χ1) is 42.5. The second-order valence-corrected chi connectivity index (χ2v) is 24.2. The highest BCUT2D eigenvalue weighted by Gasteiger charge is 2.43. The number of rotatable bonds is 4. The van der Waals surface area contributed by atoms with Crippen LogP contribution in [0.4, 0.5) is 22.7 Å². The fourth-order valence-corrected chi connectivity index (χ4v) is 15.9. The molecule has 16 aromatic rings. The summed E-state index contributed by atoms with van der Waals surface area (Å²) in [6.07, 6.45) is 4.00. The molecule has 86 heavy (non-hydrogen) atoms. The average Bonchev–Trinajstić information content (AvgIpc) is 1.74. The molecule has 4 aromatic heterocycles. The third-order valence-electron chi connectivity index (χ3n) is 19.4.